The Morgan fingerprint density at radius 2 is 0.654 bits per heavy atom. The number of unbranched alkanes of at least 4 members (excludes halogenated alkanes) is 13. The van der Waals surface area contributed by atoms with E-state index in [1.54, 1.807) is 0 Å². The van der Waals surface area contributed by atoms with Crippen molar-refractivity contribution < 1.29 is 52.5 Å². The Hall–Kier alpha value is -1.38. The van der Waals surface area contributed by atoms with Gasteiger partial charge < -0.3 is 52.5 Å². The number of hydrogen-bond acceptors (Lipinski definition) is 11. The van der Waals surface area contributed by atoms with Gasteiger partial charge in [-0.1, -0.05) is 103 Å². The molecule has 0 aliphatic carbocycles. The number of hydrogen-bond donors (Lipinski definition) is 1. The first-order chi connectivity index (χ1) is 25.9. The van der Waals surface area contributed by atoms with E-state index in [2.05, 4.69) is 19.1 Å². The van der Waals surface area contributed by atoms with Gasteiger partial charge in [-0.2, -0.15) is 0 Å². The minimum atomic E-state index is 0.0283. The summed E-state index contributed by atoms with van der Waals surface area (Å²) in [5.74, 6) is 0.928. The zero-order chi connectivity index (χ0) is 37.1. The standard InChI is InChI=1S/C41H76O11/c1-2-3-4-5-6-7-8-9-10-11-12-13-14-15-21-52-41-18-16-40(17-19-41)39-51-38-37-50-36-35-49-34-33-48-32-31-47-30-29-46-28-27-45-26-25-44-24-23-43-22-20-42/h16-19,42H,2-15,20-39H2,1H3. The third kappa shape index (κ3) is 37.0. The lowest BCUT2D eigenvalue weighted by Crippen LogP contribution is -2.15. The van der Waals surface area contributed by atoms with Gasteiger partial charge in [0, 0.05) is 0 Å². The molecule has 0 aliphatic heterocycles. The van der Waals surface area contributed by atoms with Gasteiger partial charge in [-0.15, -0.1) is 0 Å². The number of benzene rings is 1. The van der Waals surface area contributed by atoms with E-state index in [0.29, 0.717) is 119 Å². The molecule has 0 aromatic heterocycles. The highest BCUT2D eigenvalue weighted by molar-refractivity contribution is 5.26. The van der Waals surface area contributed by atoms with Crippen LogP contribution in [-0.2, 0) is 49.2 Å². The second kappa shape index (κ2) is 42.4. The van der Waals surface area contributed by atoms with E-state index in [-0.39, 0.29) is 6.61 Å². The first kappa shape index (κ1) is 48.6. The van der Waals surface area contributed by atoms with Gasteiger partial charge in [0.15, 0.2) is 0 Å². The van der Waals surface area contributed by atoms with Crippen LogP contribution in [0.15, 0.2) is 24.3 Å². The van der Waals surface area contributed by atoms with Crippen molar-refractivity contribution in [1.29, 1.82) is 0 Å². The number of ether oxygens (including phenoxy) is 10. The highest BCUT2D eigenvalue weighted by Gasteiger charge is 2.00. The van der Waals surface area contributed by atoms with Crippen LogP contribution in [0.2, 0.25) is 0 Å². The van der Waals surface area contributed by atoms with Crippen LogP contribution in [0.3, 0.4) is 0 Å². The molecule has 52 heavy (non-hydrogen) atoms. The summed E-state index contributed by atoms with van der Waals surface area (Å²) in [6.07, 6.45) is 19.2. The van der Waals surface area contributed by atoms with Crippen molar-refractivity contribution >= 4 is 0 Å². The molecule has 0 amide bonds. The Balaban J connectivity index is 1.74. The fourth-order valence-electron chi connectivity index (χ4n) is 5.18. The Kier molecular flexibility index (Phi) is 39.6. The molecule has 306 valence electrons. The van der Waals surface area contributed by atoms with Crippen LogP contribution in [0.4, 0.5) is 0 Å². The first-order valence-corrected chi connectivity index (χ1v) is 20.4. The molecule has 0 radical (unpaired) electrons. The number of rotatable bonds is 44. The molecule has 1 aromatic rings. The van der Waals surface area contributed by atoms with Crippen molar-refractivity contribution in [3.05, 3.63) is 29.8 Å². The van der Waals surface area contributed by atoms with Crippen LogP contribution in [0, 0.1) is 0 Å². The number of aliphatic hydroxyl groups is 1. The molecule has 0 aliphatic rings. The van der Waals surface area contributed by atoms with Crippen LogP contribution in [0.5, 0.6) is 5.75 Å². The fraction of sp³-hybridized carbons (Fsp3) is 0.854. The Bertz CT molecular complexity index is 799. The van der Waals surface area contributed by atoms with Crippen molar-refractivity contribution in [3.63, 3.8) is 0 Å². The van der Waals surface area contributed by atoms with E-state index in [1.165, 1.54) is 83.5 Å². The predicted octanol–water partition coefficient (Wildman–Crippen LogP) is 7.19. The van der Waals surface area contributed by atoms with Crippen LogP contribution in [0.1, 0.15) is 102 Å². The van der Waals surface area contributed by atoms with Crippen LogP contribution in [-0.4, -0.2) is 131 Å². The van der Waals surface area contributed by atoms with Gasteiger partial charge in [-0.25, -0.2) is 0 Å². The molecule has 1 N–H and O–H groups in total. The molecule has 11 nitrogen and oxygen atoms in total. The van der Waals surface area contributed by atoms with Gasteiger partial charge in [0.1, 0.15) is 5.75 Å². The minimum absolute atomic E-state index is 0.0283. The summed E-state index contributed by atoms with van der Waals surface area (Å²) in [7, 11) is 0. The highest BCUT2D eigenvalue weighted by Crippen LogP contribution is 2.15. The van der Waals surface area contributed by atoms with E-state index in [0.717, 1.165) is 24.3 Å². The third-order valence-electron chi connectivity index (χ3n) is 8.17. The molecule has 1 aromatic carbocycles. The quantitative estimate of drug-likeness (QED) is 0.0686. The maximum absolute atomic E-state index is 8.60. The van der Waals surface area contributed by atoms with Crippen LogP contribution >= 0.6 is 0 Å². The molecule has 0 spiro atoms. The third-order valence-corrected chi connectivity index (χ3v) is 8.17. The van der Waals surface area contributed by atoms with Crippen molar-refractivity contribution in [3.8, 4) is 5.75 Å². The molecule has 0 fully saturated rings. The summed E-state index contributed by atoms with van der Waals surface area (Å²) >= 11 is 0. The number of aliphatic hydroxyl groups excluding tert-OH is 1. The summed E-state index contributed by atoms with van der Waals surface area (Å²) in [6.45, 7) is 12.2. The average molecular weight is 745 g/mol. The van der Waals surface area contributed by atoms with E-state index < -0.39 is 0 Å². The lowest BCUT2D eigenvalue weighted by atomic mass is 10.0. The SMILES string of the molecule is CCCCCCCCCCCCCCCCOc1ccc(COCCOCCOCCOCCOCCOCCOCCOCCOCCO)cc1. The zero-order valence-corrected chi connectivity index (χ0v) is 32.9. The average Bonchev–Trinajstić information content (AvgIpc) is 3.16. The normalized spacial score (nSPS) is 11.5. The highest BCUT2D eigenvalue weighted by atomic mass is 16.6. The zero-order valence-electron chi connectivity index (χ0n) is 32.9. The van der Waals surface area contributed by atoms with Gasteiger partial charge >= 0.3 is 0 Å². The molecule has 1 rings (SSSR count). The Morgan fingerprint density at radius 1 is 0.346 bits per heavy atom. The van der Waals surface area contributed by atoms with Gasteiger partial charge in [-0.05, 0) is 24.1 Å². The van der Waals surface area contributed by atoms with Gasteiger partial charge in [0.05, 0.1) is 132 Å². The maximum Gasteiger partial charge on any atom is 0.119 e. The fourth-order valence-corrected chi connectivity index (χ4v) is 5.18. The van der Waals surface area contributed by atoms with Crippen molar-refractivity contribution in [2.75, 3.05) is 126 Å². The van der Waals surface area contributed by atoms with Crippen molar-refractivity contribution in [1.82, 2.24) is 0 Å². The predicted molar refractivity (Wildman–Crippen MR) is 206 cm³/mol. The topological polar surface area (TPSA) is 113 Å². The van der Waals surface area contributed by atoms with Gasteiger partial charge in [0.25, 0.3) is 0 Å². The molecule has 11 heteroatoms. The second-order valence-corrected chi connectivity index (χ2v) is 12.8. The maximum atomic E-state index is 8.60. The summed E-state index contributed by atoms with van der Waals surface area (Å²) in [6, 6.07) is 8.20. The Labute approximate surface area is 316 Å². The molecule has 0 saturated heterocycles. The molecular formula is C41H76O11. The van der Waals surface area contributed by atoms with Crippen molar-refractivity contribution in [2.24, 2.45) is 0 Å². The summed E-state index contributed by atoms with van der Waals surface area (Å²) in [5, 5.41) is 8.60. The smallest absolute Gasteiger partial charge is 0.119 e. The molecule has 0 unspecified atom stereocenters. The van der Waals surface area contributed by atoms with E-state index in [1.807, 2.05) is 12.1 Å². The van der Waals surface area contributed by atoms with Crippen LogP contribution < -0.4 is 4.74 Å². The summed E-state index contributed by atoms with van der Waals surface area (Å²) in [5.41, 5.74) is 1.13. The first-order valence-electron chi connectivity index (χ1n) is 20.4. The molecule has 0 atom stereocenters. The lowest BCUT2D eigenvalue weighted by molar-refractivity contribution is -0.0258. The minimum Gasteiger partial charge on any atom is -0.494 e. The second-order valence-electron chi connectivity index (χ2n) is 12.8. The lowest BCUT2D eigenvalue weighted by Gasteiger charge is -2.09. The molecule has 0 bridgehead atoms. The van der Waals surface area contributed by atoms with Gasteiger partial charge in [-0.3, -0.25) is 0 Å². The summed E-state index contributed by atoms with van der Waals surface area (Å²) in [4.78, 5) is 0. The van der Waals surface area contributed by atoms with E-state index in [4.69, 9.17) is 52.5 Å². The summed E-state index contributed by atoms with van der Waals surface area (Å²) < 4.78 is 55.1. The largest absolute Gasteiger partial charge is 0.494 e. The Morgan fingerprint density at radius 3 is 1.00 bits per heavy atom. The molecular weight excluding hydrogens is 668 g/mol. The van der Waals surface area contributed by atoms with E-state index in [9.17, 15) is 0 Å². The van der Waals surface area contributed by atoms with Gasteiger partial charge in [0.2, 0.25) is 0 Å². The molecule has 0 saturated carbocycles. The van der Waals surface area contributed by atoms with Crippen molar-refractivity contribution in [2.45, 2.75) is 103 Å². The van der Waals surface area contributed by atoms with E-state index >= 15 is 0 Å². The monoisotopic (exact) mass is 745 g/mol. The molecule has 0 heterocycles. The van der Waals surface area contributed by atoms with Crippen LogP contribution in [0.25, 0.3) is 0 Å².